The lowest BCUT2D eigenvalue weighted by atomic mass is 9.51. The van der Waals surface area contributed by atoms with Gasteiger partial charge >= 0.3 is 5.97 Å². The number of nitrogens with zero attached hydrogens (tertiary/aromatic N) is 2. The molecule has 2 aliphatic heterocycles. The lowest BCUT2D eigenvalue weighted by Gasteiger charge is -2.49. The number of carboxylic acids is 1. The number of anilines is 1. The summed E-state index contributed by atoms with van der Waals surface area (Å²) in [5.74, 6) is -8.61. The number of halogens is 1. The van der Waals surface area contributed by atoms with Crippen LogP contribution < -0.4 is 4.90 Å². The number of likely N-dealkylation sites (tertiary alicyclic amines) is 1. The number of phenolic OH excluding ortho intramolecular Hbond substituents is 1. The second-order valence-corrected chi connectivity index (χ2v) is 11.1. The van der Waals surface area contributed by atoms with Crippen LogP contribution in [0.3, 0.4) is 0 Å². The Morgan fingerprint density at radius 2 is 1.73 bits per heavy atom. The number of hydrogen-bond donors (Lipinski definition) is 2. The molecule has 1 saturated carbocycles. The van der Waals surface area contributed by atoms with Crippen LogP contribution >= 0.6 is 0 Å². The number of rotatable bonds is 5. The molecule has 2 heterocycles. The first-order valence-corrected chi connectivity index (χ1v) is 13.2. The van der Waals surface area contributed by atoms with Crippen LogP contribution in [0.5, 0.6) is 5.75 Å². The van der Waals surface area contributed by atoms with E-state index < -0.39 is 76.2 Å². The standard InChI is InChI=1S/C30H27FN2O7/c1-30-20(27(38)33(29(30)40)15-6-3-2-4-7-15)14-19-16(24(30)18-8-5-9-21(31)25(18)36)10-11-17-23(19)28(39)32(26(17)37)13-12-22(34)35/h2-10,17,19-20,23-24,36H,11-14H2,1H3,(H,34,35). The lowest BCUT2D eigenvalue weighted by Crippen LogP contribution is -2.49. The van der Waals surface area contributed by atoms with Gasteiger partial charge in [-0.05, 0) is 43.9 Å². The summed E-state index contributed by atoms with van der Waals surface area (Å²) in [6, 6.07) is 12.5. The molecule has 2 aromatic rings. The number of allylic oxidation sites excluding steroid dienone is 2. The van der Waals surface area contributed by atoms with Crippen molar-refractivity contribution in [3.63, 3.8) is 0 Å². The summed E-state index contributed by atoms with van der Waals surface area (Å²) in [7, 11) is 0. The summed E-state index contributed by atoms with van der Waals surface area (Å²) in [5, 5.41) is 20.0. The maximum atomic E-state index is 14.7. The molecule has 0 spiro atoms. The van der Waals surface area contributed by atoms with Gasteiger partial charge in [-0.1, -0.05) is 42.0 Å². The number of fused-ring (bicyclic) bond motifs is 4. The molecule has 2 aromatic carbocycles. The lowest BCUT2D eigenvalue weighted by molar-refractivity contribution is -0.142. The fraction of sp³-hybridized carbons (Fsp3) is 0.367. The molecule has 206 valence electrons. The molecule has 2 aliphatic carbocycles. The molecule has 6 rings (SSSR count). The number of carboxylic acid groups (broad SMARTS) is 1. The van der Waals surface area contributed by atoms with E-state index in [1.807, 2.05) is 0 Å². The van der Waals surface area contributed by atoms with E-state index in [0.29, 0.717) is 11.3 Å². The number of aliphatic carboxylic acids is 1. The first-order chi connectivity index (χ1) is 19.1. The van der Waals surface area contributed by atoms with E-state index in [-0.39, 0.29) is 31.4 Å². The first-order valence-electron chi connectivity index (χ1n) is 13.2. The third kappa shape index (κ3) is 3.47. The highest BCUT2D eigenvalue weighted by atomic mass is 19.1. The molecular formula is C30H27FN2O7. The normalized spacial score (nSPS) is 31.1. The summed E-state index contributed by atoms with van der Waals surface area (Å²) >= 11 is 0. The molecule has 0 aromatic heterocycles. The van der Waals surface area contributed by atoms with Crippen molar-refractivity contribution in [2.75, 3.05) is 11.4 Å². The van der Waals surface area contributed by atoms with E-state index in [0.717, 1.165) is 15.9 Å². The molecule has 9 nitrogen and oxygen atoms in total. The summed E-state index contributed by atoms with van der Waals surface area (Å²) in [4.78, 5) is 68.2. The van der Waals surface area contributed by atoms with Gasteiger partial charge in [-0.15, -0.1) is 0 Å². The van der Waals surface area contributed by atoms with Crippen molar-refractivity contribution in [1.82, 2.24) is 4.90 Å². The van der Waals surface area contributed by atoms with Crippen molar-refractivity contribution >= 4 is 35.3 Å². The van der Waals surface area contributed by atoms with Crippen molar-refractivity contribution in [3.8, 4) is 5.75 Å². The van der Waals surface area contributed by atoms with Gasteiger partial charge in [-0.25, -0.2) is 9.29 Å². The maximum absolute atomic E-state index is 14.7. The summed E-state index contributed by atoms with van der Waals surface area (Å²) in [6.45, 7) is 1.40. The minimum atomic E-state index is -1.40. The summed E-state index contributed by atoms with van der Waals surface area (Å²) < 4.78 is 14.7. The van der Waals surface area contributed by atoms with Crippen molar-refractivity contribution in [1.29, 1.82) is 0 Å². The Hall–Kier alpha value is -4.34. The maximum Gasteiger partial charge on any atom is 0.305 e. The molecule has 4 amide bonds. The van der Waals surface area contributed by atoms with E-state index in [4.69, 9.17) is 5.11 Å². The van der Waals surface area contributed by atoms with Crippen molar-refractivity contribution < 1.29 is 38.6 Å². The highest BCUT2D eigenvalue weighted by Gasteiger charge is 2.67. The Balaban J connectivity index is 1.50. The minimum Gasteiger partial charge on any atom is -0.505 e. The van der Waals surface area contributed by atoms with Crippen LogP contribution in [0.1, 0.15) is 37.7 Å². The van der Waals surface area contributed by atoms with Crippen LogP contribution in [-0.2, 0) is 24.0 Å². The number of imide groups is 2. The molecule has 0 bridgehead atoms. The smallest absolute Gasteiger partial charge is 0.305 e. The highest BCUT2D eigenvalue weighted by molar-refractivity contribution is 6.24. The number of carbonyl (C=O) groups excluding carboxylic acids is 4. The van der Waals surface area contributed by atoms with Crippen LogP contribution in [0.2, 0.25) is 0 Å². The van der Waals surface area contributed by atoms with Crippen molar-refractivity contribution in [2.45, 2.75) is 32.1 Å². The van der Waals surface area contributed by atoms with Crippen LogP contribution in [0.15, 0.2) is 60.2 Å². The Morgan fingerprint density at radius 1 is 1.00 bits per heavy atom. The number of hydrogen-bond acceptors (Lipinski definition) is 6. The van der Waals surface area contributed by atoms with E-state index in [9.17, 15) is 33.5 Å². The molecule has 4 aliphatic rings. The topological polar surface area (TPSA) is 132 Å². The Kier molecular flexibility index (Phi) is 5.90. The predicted molar refractivity (Wildman–Crippen MR) is 138 cm³/mol. The van der Waals surface area contributed by atoms with Gasteiger partial charge in [0.1, 0.15) is 0 Å². The minimum absolute atomic E-state index is 0.107. The van der Waals surface area contributed by atoms with Gasteiger partial charge in [0.2, 0.25) is 23.6 Å². The summed E-state index contributed by atoms with van der Waals surface area (Å²) in [5.41, 5.74) is -0.269. The van der Waals surface area contributed by atoms with Crippen LogP contribution in [0, 0.1) is 34.9 Å². The zero-order valence-corrected chi connectivity index (χ0v) is 21.6. The molecule has 3 fully saturated rings. The molecule has 6 atom stereocenters. The fourth-order valence-electron chi connectivity index (χ4n) is 7.44. The quantitative estimate of drug-likeness (QED) is 0.435. The van der Waals surface area contributed by atoms with Gasteiger partial charge < -0.3 is 10.2 Å². The number of aromatic hydroxyl groups is 1. The zero-order valence-electron chi connectivity index (χ0n) is 21.6. The number of amides is 4. The van der Waals surface area contributed by atoms with Crippen LogP contribution in [0.4, 0.5) is 10.1 Å². The van der Waals surface area contributed by atoms with Gasteiger partial charge in [0, 0.05) is 18.0 Å². The molecule has 40 heavy (non-hydrogen) atoms. The van der Waals surface area contributed by atoms with Gasteiger partial charge in [0.15, 0.2) is 11.6 Å². The van der Waals surface area contributed by atoms with Crippen molar-refractivity contribution in [3.05, 3.63) is 71.6 Å². The Bertz CT molecular complexity index is 1500. The van der Waals surface area contributed by atoms with Gasteiger partial charge in [-0.2, -0.15) is 0 Å². The predicted octanol–water partition coefficient (Wildman–Crippen LogP) is 3.24. The van der Waals surface area contributed by atoms with Gasteiger partial charge in [0.25, 0.3) is 0 Å². The first kappa shape index (κ1) is 25.9. The average molecular weight is 547 g/mol. The van der Waals surface area contributed by atoms with Crippen LogP contribution in [0.25, 0.3) is 0 Å². The zero-order chi connectivity index (χ0) is 28.5. The number of benzene rings is 2. The summed E-state index contributed by atoms with van der Waals surface area (Å²) in [6.07, 6.45) is 1.68. The highest BCUT2D eigenvalue weighted by Crippen LogP contribution is 2.64. The average Bonchev–Trinajstić information content (AvgIpc) is 3.29. The molecule has 6 unspecified atom stereocenters. The molecule has 2 saturated heterocycles. The fourth-order valence-corrected chi connectivity index (χ4v) is 7.44. The third-order valence-electron chi connectivity index (χ3n) is 9.26. The second kappa shape index (κ2) is 9.11. The third-order valence-corrected chi connectivity index (χ3v) is 9.26. The van der Waals surface area contributed by atoms with E-state index in [2.05, 4.69) is 0 Å². The van der Waals surface area contributed by atoms with Gasteiger partial charge in [-0.3, -0.25) is 28.9 Å². The molecule has 0 radical (unpaired) electrons. The Labute approximate surface area is 228 Å². The number of phenols is 1. The largest absolute Gasteiger partial charge is 0.505 e. The number of para-hydroxylation sites is 2. The number of carbonyl (C=O) groups is 5. The Morgan fingerprint density at radius 3 is 2.42 bits per heavy atom. The molecule has 2 N–H and O–H groups in total. The van der Waals surface area contributed by atoms with Crippen LogP contribution in [-0.4, -0.2) is 51.3 Å². The van der Waals surface area contributed by atoms with E-state index >= 15 is 0 Å². The SMILES string of the molecule is CC12C(=O)N(c3ccccc3)C(=O)C1CC1C(=CCC3C(=O)N(CCC(=O)O)C(=O)C31)C2c1cccc(F)c1O. The van der Waals surface area contributed by atoms with E-state index in [1.54, 1.807) is 43.3 Å². The monoisotopic (exact) mass is 546 g/mol. The van der Waals surface area contributed by atoms with Crippen molar-refractivity contribution in [2.24, 2.45) is 29.1 Å². The molecular weight excluding hydrogens is 519 g/mol. The van der Waals surface area contributed by atoms with E-state index in [1.165, 1.54) is 12.1 Å². The second-order valence-electron chi connectivity index (χ2n) is 11.1. The molecule has 10 heteroatoms. The van der Waals surface area contributed by atoms with Gasteiger partial charge in [0.05, 0.1) is 35.3 Å².